The number of benzene rings is 2. The Bertz CT molecular complexity index is 1050. The lowest BCUT2D eigenvalue weighted by atomic mass is 10.0. The lowest BCUT2D eigenvalue weighted by Gasteiger charge is -2.34. The number of para-hydroxylation sites is 1. The Morgan fingerprint density at radius 2 is 1.70 bits per heavy atom. The SMILES string of the molecule is COc1ccccc1C1=NO[C@H](C(=O)N2CCN(S(=O)(=O)c3ccccc3)CC2)C1. The molecule has 4 rings (SSSR count). The molecule has 0 N–H and O–H groups in total. The molecule has 0 spiro atoms. The molecule has 2 aliphatic heterocycles. The van der Waals surface area contributed by atoms with Crippen molar-refractivity contribution in [3.63, 3.8) is 0 Å². The molecule has 1 atom stereocenters. The third-order valence-electron chi connectivity index (χ3n) is 5.29. The molecule has 8 nitrogen and oxygen atoms in total. The van der Waals surface area contributed by atoms with E-state index in [4.69, 9.17) is 9.57 Å². The summed E-state index contributed by atoms with van der Waals surface area (Å²) in [6.07, 6.45) is -0.357. The molecule has 2 heterocycles. The number of sulfonamides is 1. The van der Waals surface area contributed by atoms with Gasteiger partial charge in [0.2, 0.25) is 16.1 Å². The molecule has 0 unspecified atom stereocenters. The fourth-order valence-corrected chi connectivity index (χ4v) is 5.09. The van der Waals surface area contributed by atoms with Crippen LogP contribution in [0.5, 0.6) is 5.75 Å². The van der Waals surface area contributed by atoms with Crippen molar-refractivity contribution in [2.75, 3.05) is 33.3 Å². The summed E-state index contributed by atoms with van der Waals surface area (Å²) >= 11 is 0. The summed E-state index contributed by atoms with van der Waals surface area (Å²) in [4.78, 5) is 20.2. The van der Waals surface area contributed by atoms with Crippen LogP contribution in [0.1, 0.15) is 12.0 Å². The maximum atomic E-state index is 12.9. The van der Waals surface area contributed by atoms with Crippen LogP contribution in [-0.2, 0) is 19.7 Å². The van der Waals surface area contributed by atoms with Crippen molar-refractivity contribution >= 4 is 21.6 Å². The first-order valence-electron chi connectivity index (χ1n) is 9.71. The summed E-state index contributed by atoms with van der Waals surface area (Å²) in [6.45, 7) is 1.12. The number of amides is 1. The molecular weight excluding hydrogens is 406 g/mol. The van der Waals surface area contributed by atoms with Gasteiger partial charge in [0.05, 0.1) is 17.7 Å². The van der Waals surface area contributed by atoms with E-state index >= 15 is 0 Å². The predicted molar refractivity (Wildman–Crippen MR) is 111 cm³/mol. The zero-order chi connectivity index (χ0) is 21.1. The van der Waals surface area contributed by atoms with E-state index in [2.05, 4.69) is 5.16 Å². The fourth-order valence-electron chi connectivity index (χ4n) is 3.65. The van der Waals surface area contributed by atoms with E-state index in [9.17, 15) is 13.2 Å². The van der Waals surface area contributed by atoms with E-state index in [1.54, 1.807) is 42.3 Å². The van der Waals surface area contributed by atoms with E-state index in [1.165, 1.54) is 4.31 Å². The van der Waals surface area contributed by atoms with Gasteiger partial charge in [0, 0.05) is 38.2 Å². The third kappa shape index (κ3) is 3.90. The molecule has 2 aromatic carbocycles. The maximum Gasteiger partial charge on any atom is 0.266 e. The minimum atomic E-state index is -3.56. The number of ether oxygens (including phenoxy) is 1. The number of hydrogen-bond donors (Lipinski definition) is 0. The highest BCUT2D eigenvalue weighted by Gasteiger charge is 2.36. The van der Waals surface area contributed by atoms with Gasteiger partial charge in [0.15, 0.2) is 0 Å². The third-order valence-corrected chi connectivity index (χ3v) is 7.21. The molecule has 1 amide bonds. The van der Waals surface area contributed by atoms with Crippen LogP contribution in [0.3, 0.4) is 0 Å². The standard InChI is InChI=1S/C21H23N3O5S/c1-28-19-10-6-5-9-17(19)18-15-20(29-22-18)21(25)23-11-13-24(14-12-23)30(26,27)16-7-3-2-4-8-16/h2-10,20H,11-15H2,1H3/t20-/m0/s1. The first kappa shape index (κ1) is 20.4. The van der Waals surface area contributed by atoms with Crippen molar-refractivity contribution in [3.05, 3.63) is 60.2 Å². The molecular formula is C21H23N3O5S. The molecule has 2 aromatic rings. The molecule has 158 valence electrons. The highest BCUT2D eigenvalue weighted by atomic mass is 32.2. The van der Waals surface area contributed by atoms with Crippen molar-refractivity contribution in [3.8, 4) is 5.75 Å². The van der Waals surface area contributed by atoms with Gasteiger partial charge in [-0.3, -0.25) is 4.79 Å². The molecule has 2 aliphatic rings. The van der Waals surface area contributed by atoms with Crippen LogP contribution in [0.25, 0.3) is 0 Å². The quantitative estimate of drug-likeness (QED) is 0.722. The fraction of sp³-hybridized carbons (Fsp3) is 0.333. The predicted octanol–water partition coefficient (Wildman–Crippen LogP) is 1.72. The van der Waals surface area contributed by atoms with Crippen molar-refractivity contribution in [1.29, 1.82) is 0 Å². The number of carbonyl (C=O) groups is 1. The van der Waals surface area contributed by atoms with Gasteiger partial charge in [-0.25, -0.2) is 8.42 Å². The van der Waals surface area contributed by atoms with Crippen molar-refractivity contribution in [2.24, 2.45) is 5.16 Å². The zero-order valence-electron chi connectivity index (χ0n) is 16.6. The minimum Gasteiger partial charge on any atom is -0.496 e. The summed E-state index contributed by atoms with van der Waals surface area (Å²) in [6, 6.07) is 15.8. The van der Waals surface area contributed by atoms with Gasteiger partial charge < -0.3 is 14.5 Å². The lowest BCUT2D eigenvalue weighted by Crippen LogP contribution is -2.52. The van der Waals surface area contributed by atoms with Gasteiger partial charge in [-0.2, -0.15) is 4.31 Å². The molecule has 0 bridgehead atoms. The van der Waals surface area contributed by atoms with Gasteiger partial charge in [-0.05, 0) is 24.3 Å². The van der Waals surface area contributed by atoms with E-state index in [-0.39, 0.29) is 23.9 Å². The van der Waals surface area contributed by atoms with Crippen LogP contribution < -0.4 is 4.74 Å². The van der Waals surface area contributed by atoms with E-state index < -0.39 is 16.1 Å². The number of carbonyl (C=O) groups excluding carboxylic acids is 1. The normalized spacial score (nSPS) is 19.8. The Hall–Kier alpha value is -2.91. The second-order valence-electron chi connectivity index (χ2n) is 7.08. The average Bonchev–Trinajstić information content (AvgIpc) is 3.29. The van der Waals surface area contributed by atoms with Crippen LogP contribution in [0, 0.1) is 0 Å². The maximum absolute atomic E-state index is 12.9. The van der Waals surface area contributed by atoms with E-state index in [0.29, 0.717) is 31.0 Å². The zero-order valence-corrected chi connectivity index (χ0v) is 17.4. The Morgan fingerprint density at radius 1 is 1.03 bits per heavy atom. The molecule has 9 heteroatoms. The van der Waals surface area contributed by atoms with Crippen LogP contribution >= 0.6 is 0 Å². The number of piperazine rings is 1. The van der Waals surface area contributed by atoms with Gasteiger partial charge in [-0.15, -0.1) is 0 Å². The largest absolute Gasteiger partial charge is 0.496 e. The smallest absolute Gasteiger partial charge is 0.266 e. The van der Waals surface area contributed by atoms with Gasteiger partial charge in [-0.1, -0.05) is 35.5 Å². The van der Waals surface area contributed by atoms with Gasteiger partial charge >= 0.3 is 0 Å². The molecule has 0 aliphatic carbocycles. The summed E-state index contributed by atoms with van der Waals surface area (Å²) in [5.74, 6) is 0.494. The van der Waals surface area contributed by atoms with Crippen LogP contribution in [-0.4, -0.2) is 68.6 Å². The topological polar surface area (TPSA) is 88.5 Å². The summed E-state index contributed by atoms with van der Waals surface area (Å²) in [5.41, 5.74) is 1.46. The Labute approximate surface area is 175 Å². The molecule has 0 aromatic heterocycles. The first-order valence-corrected chi connectivity index (χ1v) is 11.1. The van der Waals surface area contributed by atoms with Crippen molar-refractivity contribution in [1.82, 2.24) is 9.21 Å². The summed E-state index contributed by atoms with van der Waals surface area (Å²) < 4.78 is 32.3. The summed E-state index contributed by atoms with van der Waals surface area (Å²) in [7, 11) is -1.97. The van der Waals surface area contributed by atoms with Gasteiger partial charge in [0.25, 0.3) is 5.91 Å². The number of methoxy groups -OCH3 is 1. The minimum absolute atomic E-state index is 0.180. The highest BCUT2D eigenvalue weighted by molar-refractivity contribution is 7.89. The average molecular weight is 429 g/mol. The molecule has 1 fully saturated rings. The Balaban J connectivity index is 1.37. The van der Waals surface area contributed by atoms with Crippen LogP contribution in [0.2, 0.25) is 0 Å². The lowest BCUT2D eigenvalue weighted by molar-refractivity contribution is -0.143. The second kappa shape index (κ2) is 8.45. The summed E-state index contributed by atoms with van der Waals surface area (Å²) in [5, 5.41) is 4.09. The van der Waals surface area contributed by atoms with E-state index in [0.717, 1.165) is 5.56 Å². The van der Waals surface area contributed by atoms with Gasteiger partial charge in [0.1, 0.15) is 5.75 Å². The molecule has 30 heavy (non-hydrogen) atoms. The monoisotopic (exact) mass is 429 g/mol. The number of nitrogens with zero attached hydrogens (tertiary/aromatic N) is 3. The Morgan fingerprint density at radius 3 is 2.40 bits per heavy atom. The number of hydrogen-bond acceptors (Lipinski definition) is 6. The number of rotatable bonds is 5. The highest BCUT2D eigenvalue weighted by Crippen LogP contribution is 2.26. The second-order valence-corrected chi connectivity index (χ2v) is 9.02. The Kier molecular flexibility index (Phi) is 5.74. The van der Waals surface area contributed by atoms with E-state index in [1.807, 2.05) is 24.3 Å². The first-order chi connectivity index (χ1) is 14.5. The molecule has 0 saturated carbocycles. The number of oxime groups is 1. The molecule has 0 radical (unpaired) electrons. The van der Waals surface area contributed by atoms with Crippen LogP contribution in [0.15, 0.2) is 64.6 Å². The molecule has 1 saturated heterocycles. The van der Waals surface area contributed by atoms with Crippen molar-refractivity contribution < 1.29 is 22.8 Å². The van der Waals surface area contributed by atoms with Crippen molar-refractivity contribution in [2.45, 2.75) is 17.4 Å². The van der Waals surface area contributed by atoms with Crippen LogP contribution in [0.4, 0.5) is 0 Å².